The normalized spacial score (nSPS) is 23.3. The highest BCUT2D eigenvalue weighted by Crippen LogP contribution is 2.58. The van der Waals surface area contributed by atoms with Crippen molar-refractivity contribution in [3.8, 4) is 0 Å². The fourth-order valence-corrected chi connectivity index (χ4v) is 5.46. The van der Waals surface area contributed by atoms with Gasteiger partial charge in [0.25, 0.3) is 0 Å². The minimum atomic E-state index is -2.64. The molecule has 1 aliphatic heterocycles. The second-order valence-electron chi connectivity index (χ2n) is 5.59. The molecule has 19 heavy (non-hydrogen) atoms. The lowest BCUT2D eigenvalue weighted by Gasteiger charge is -2.36. The largest absolute Gasteiger partial charge is 0.322 e. The molecule has 2 rings (SSSR count). The van der Waals surface area contributed by atoms with Crippen LogP contribution in [-0.4, -0.2) is 11.2 Å². The van der Waals surface area contributed by atoms with E-state index in [1.807, 2.05) is 49.5 Å². The number of allylic oxidation sites excluding steroid dienone is 3. The van der Waals surface area contributed by atoms with E-state index in [-0.39, 0.29) is 0 Å². The molecule has 0 fully saturated rings. The summed E-state index contributed by atoms with van der Waals surface area (Å²) in [6.07, 6.45) is 4.09. The lowest BCUT2D eigenvalue weighted by molar-refractivity contribution is 0.448. The van der Waals surface area contributed by atoms with Crippen molar-refractivity contribution in [2.75, 3.05) is 6.54 Å². The van der Waals surface area contributed by atoms with Crippen LogP contribution in [0.5, 0.6) is 0 Å². The van der Waals surface area contributed by atoms with Crippen LogP contribution in [0.3, 0.4) is 0 Å². The molecule has 0 saturated carbocycles. The quantitative estimate of drug-likeness (QED) is 0.763. The van der Waals surface area contributed by atoms with E-state index in [4.69, 9.17) is 0 Å². The molecule has 0 saturated heterocycles. The SMILES string of the molecule is CC1=CN(CC(C)C)P(=O)(c2ccccc2)C(C)=C1. The smallest absolute Gasteiger partial charge is 0.225 e. The van der Waals surface area contributed by atoms with E-state index in [1.165, 1.54) is 5.57 Å². The molecule has 0 bridgehead atoms. The zero-order chi connectivity index (χ0) is 14.0. The van der Waals surface area contributed by atoms with Gasteiger partial charge in [0.1, 0.15) is 0 Å². The Kier molecular flexibility index (Phi) is 4.01. The first-order valence-corrected chi connectivity index (χ1v) is 8.40. The minimum absolute atomic E-state index is 0.479. The molecule has 1 aliphatic rings. The fourth-order valence-electron chi connectivity index (χ4n) is 2.50. The Morgan fingerprint density at radius 1 is 1.16 bits per heavy atom. The van der Waals surface area contributed by atoms with Crippen LogP contribution in [0.2, 0.25) is 0 Å². The number of hydrogen-bond donors (Lipinski definition) is 0. The van der Waals surface area contributed by atoms with Crippen LogP contribution in [0.4, 0.5) is 0 Å². The molecule has 1 atom stereocenters. The summed E-state index contributed by atoms with van der Waals surface area (Å²) in [6, 6.07) is 9.83. The van der Waals surface area contributed by atoms with Crippen LogP contribution >= 0.6 is 7.29 Å². The minimum Gasteiger partial charge on any atom is -0.322 e. The van der Waals surface area contributed by atoms with Crippen LogP contribution < -0.4 is 5.30 Å². The summed E-state index contributed by atoms with van der Waals surface area (Å²) >= 11 is 0. The van der Waals surface area contributed by atoms with Gasteiger partial charge in [0.05, 0.1) is 0 Å². The Balaban J connectivity index is 2.51. The third-order valence-electron chi connectivity index (χ3n) is 3.29. The van der Waals surface area contributed by atoms with Crippen LogP contribution in [-0.2, 0) is 4.57 Å². The van der Waals surface area contributed by atoms with Crippen LogP contribution in [0.1, 0.15) is 27.7 Å². The number of rotatable bonds is 3. The van der Waals surface area contributed by atoms with Gasteiger partial charge in [-0.05, 0) is 43.5 Å². The maximum atomic E-state index is 13.6. The molecule has 0 spiro atoms. The first-order valence-electron chi connectivity index (χ1n) is 6.74. The Hall–Kier alpha value is -1.27. The molecule has 0 aromatic heterocycles. The molecule has 0 radical (unpaired) electrons. The van der Waals surface area contributed by atoms with Gasteiger partial charge in [0.15, 0.2) is 0 Å². The van der Waals surface area contributed by atoms with E-state index < -0.39 is 7.29 Å². The van der Waals surface area contributed by atoms with E-state index in [2.05, 4.69) is 25.4 Å². The van der Waals surface area contributed by atoms with Gasteiger partial charge in [-0.15, -0.1) is 0 Å². The highest BCUT2D eigenvalue weighted by molar-refractivity contribution is 7.73. The highest BCUT2D eigenvalue weighted by atomic mass is 31.2. The van der Waals surface area contributed by atoms with Gasteiger partial charge in [-0.2, -0.15) is 0 Å². The van der Waals surface area contributed by atoms with Crippen molar-refractivity contribution in [2.45, 2.75) is 27.7 Å². The maximum Gasteiger partial charge on any atom is 0.225 e. The summed E-state index contributed by atoms with van der Waals surface area (Å²) < 4.78 is 15.6. The highest BCUT2D eigenvalue weighted by Gasteiger charge is 2.35. The molecule has 0 N–H and O–H groups in total. The molecular formula is C16H22NOP. The van der Waals surface area contributed by atoms with Gasteiger partial charge in [0, 0.05) is 23.4 Å². The summed E-state index contributed by atoms with van der Waals surface area (Å²) in [7, 11) is -2.64. The second kappa shape index (κ2) is 5.38. The summed E-state index contributed by atoms with van der Waals surface area (Å²) in [5, 5.41) is 1.90. The lowest BCUT2D eigenvalue weighted by Crippen LogP contribution is -2.27. The van der Waals surface area contributed by atoms with Gasteiger partial charge in [-0.25, -0.2) is 0 Å². The summed E-state index contributed by atoms with van der Waals surface area (Å²) in [5.74, 6) is 0.479. The predicted octanol–water partition coefficient (Wildman–Crippen LogP) is 4.37. The van der Waals surface area contributed by atoms with Crippen LogP contribution in [0, 0.1) is 5.92 Å². The van der Waals surface area contributed by atoms with Crippen molar-refractivity contribution in [3.05, 3.63) is 53.5 Å². The molecular weight excluding hydrogens is 253 g/mol. The predicted molar refractivity (Wildman–Crippen MR) is 82.7 cm³/mol. The van der Waals surface area contributed by atoms with E-state index >= 15 is 0 Å². The molecule has 0 aliphatic carbocycles. The van der Waals surface area contributed by atoms with E-state index in [0.29, 0.717) is 5.92 Å². The van der Waals surface area contributed by atoms with Gasteiger partial charge in [-0.3, -0.25) is 4.57 Å². The van der Waals surface area contributed by atoms with Crippen molar-refractivity contribution in [1.82, 2.24) is 4.67 Å². The molecule has 2 nitrogen and oxygen atoms in total. The third kappa shape index (κ3) is 2.69. The molecule has 1 aromatic carbocycles. The zero-order valence-electron chi connectivity index (χ0n) is 12.1. The standard InChI is InChI=1S/C16H22NOP/c1-13(2)11-17-12-14(3)10-15(4)19(17,18)16-8-6-5-7-9-16/h5-10,12-13H,11H2,1-4H3. The Bertz CT molecular complexity index is 557. The van der Waals surface area contributed by atoms with Crippen LogP contribution in [0.15, 0.2) is 53.5 Å². The Morgan fingerprint density at radius 3 is 2.37 bits per heavy atom. The van der Waals surface area contributed by atoms with E-state index in [1.54, 1.807) is 0 Å². The van der Waals surface area contributed by atoms with Gasteiger partial charge < -0.3 is 4.67 Å². The summed E-state index contributed by atoms with van der Waals surface area (Å²) in [5.41, 5.74) is 1.17. The maximum absolute atomic E-state index is 13.6. The topological polar surface area (TPSA) is 20.3 Å². The molecule has 3 heteroatoms. The second-order valence-corrected chi connectivity index (χ2v) is 8.47. The fraction of sp³-hybridized carbons (Fsp3) is 0.375. The Morgan fingerprint density at radius 2 is 1.79 bits per heavy atom. The van der Waals surface area contributed by atoms with E-state index in [0.717, 1.165) is 17.2 Å². The molecule has 102 valence electrons. The first kappa shape index (κ1) is 14.1. The molecule has 1 aromatic rings. The van der Waals surface area contributed by atoms with Crippen molar-refractivity contribution in [2.24, 2.45) is 5.92 Å². The lowest BCUT2D eigenvalue weighted by atomic mass is 10.2. The van der Waals surface area contributed by atoms with Crippen LogP contribution in [0.25, 0.3) is 0 Å². The zero-order valence-corrected chi connectivity index (χ0v) is 13.0. The molecule has 1 unspecified atom stereocenters. The average Bonchev–Trinajstić information content (AvgIpc) is 2.36. The number of benzene rings is 1. The monoisotopic (exact) mass is 275 g/mol. The molecule has 0 amide bonds. The molecule has 1 heterocycles. The average molecular weight is 275 g/mol. The van der Waals surface area contributed by atoms with Gasteiger partial charge in [-0.1, -0.05) is 32.0 Å². The van der Waals surface area contributed by atoms with E-state index in [9.17, 15) is 4.57 Å². The summed E-state index contributed by atoms with van der Waals surface area (Å²) in [4.78, 5) is 0. The van der Waals surface area contributed by atoms with Crippen molar-refractivity contribution in [3.63, 3.8) is 0 Å². The van der Waals surface area contributed by atoms with Crippen molar-refractivity contribution < 1.29 is 4.57 Å². The number of hydrogen-bond acceptors (Lipinski definition) is 1. The van der Waals surface area contributed by atoms with Gasteiger partial charge >= 0.3 is 0 Å². The summed E-state index contributed by atoms with van der Waals surface area (Å²) in [6.45, 7) is 9.18. The van der Waals surface area contributed by atoms with Gasteiger partial charge in [0.2, 0.25) is 7.29 Å². The third-order valence-corrected chi connectivity index (χ3v) is 6.37. The van der Waals surface area contributed by atoms with Crippen molar-refractivity contribution >= 4 is 12.6 Å². The van der Waals surface area contributed by atoms with Crippen molar-refractivity contribution in [1.29, 1.82) is 0 Å². The number of nitrogens with zero attached hydrogens (tertiary/aromatic N) is 1. The Labute approximate surface area is 116 Å². The first-order chi connectivity index (χ1) is 8.94.